The summed E-state index contributed by atoms with van der Waals surface area (Å²) in [6.07, 6.45) is 0.675. The first-order valence-electron chi connectivity index (χ1n) is 6.73. The second-order valence-corrected chi connectivity index (χ2v) is 5.25. The number of nitriles is 1. The minimum absolute atomic E-state index is 0.0645. The van der Waals surface area contributed by atoms with Gasteiger partial charge in [-0.2, -0.15) is 5.26 Å². The van der Waals surface area contributed by atoms with E-state index in [4.69, 9.17) is 5.26 Å². The molecule has 1 fully saturated rings. The molecule has 2 atom stereocenters. The molecule has 1 aromatic carbocycles. The van der Waals surface area contributed by atoms with E-state index in [1.165, 1.54) is 9.80 Å². The number of amides is 2. The maximum absolute atomic E-state index is 12.5. The third kappa shape index (κ3) is 2.82. The van der Waals surface area contributed by atoms with Gasteiger partial charge in [0.1, 0.15) is 6.04 Å². The van der Waals surface area contributed by atoms with Crippen LogP contribution in [-0.4, -0.2) is 41.6 Å². The number of nitrogens with zero attached hydrogens (tertiary/aromatic N) is 3. The Hall–Kier alpha value is -2.55. The lowest BCUT2D eigenvalue weighted by molar-refractivity contribution is -0.142. The van der Waals surface area contributed by atoms with Crippen molar-refractivity contribution in [3.05, 3.63) is 29.8 Å². The molecule has 1 heterocycles. The maximum atomic E-state index is 12.5. The molecule has 1 N–H and O–H groups in total. The van der Waals surface area contributed by atoms with Gasteiger partial charge in [-0.05, 0) is 30.5 Å². The van der Waals surface area contributed by atoms with Gasteiger partial charge in [0.05, 0.1) is 11.6 Å². The normalized spacial score (nSPS) is 20.9. The van der Waals surface area contributed by atoms with Crippen molar-refractivity contribution in [2.24, 2.45) is 5.92 Å². The number of anilines is 1. The largest absolute Gasteiger partial charge is 0.480 e. The van der Waals surface area contributed by atoms with Gasteiger partial charge >= 0.3 is 12.0 Å². The molecule has 1 aliphatic heterocycles. The lowest BCUT2D eigenvalue weighted by atomic mass is 10.0. The minimum atomic E-state index is -0.979. The number of likely N-dealkylation sites (tertiary alicyclic amines) is 1. The van der Waals surface area contributed by atoms with Gasteiger partial charge in [-0.25, -0.2) is 9.59 Å². The molecule has 2 rings (SSSR count). The molecule has 1 aliphatic rings. The van der Waals surface area contributed by atoms with E-state index >= 15 is 0 Å². The highest BCUT2D eigenvalue weighted by Gasteiger charge is 2.40. The van der Waals surface area contributed by atoms with Crippen LogP contribution in [0.2, 0.25) is 0 Å². The predicted molar refractivity (Wildman–Crippen MR) is 76.9 cm³/mol. The average Bonchev–Trinajstić information content (AvgIpc) is 2.87. The average molecular weight is 287 g/mol. The molecule has 2 amide bonds. The molecule has 0 aromatic heterocycles. The van der Waals surface area contributed by atoms with E-state index in [1.54, 1.807) is 31.3 Å². The van der Waals surface area contributed by atoms with Crippen molar-refractivity contribution in [2.45, 2.75) is 19.4 Å². The SMILES string of the molecule is CC1CCN(C(=O)N(C)c2cccc(C#N)c2)C1C(=O)O. The van der Waals surface area contributed by atoms with Gasteiger partial charge in [-0.3, -0.25) is 4.90 Å². The van der Waals surface area contributed by atoms with E-state index in [0.717, 1.165) is 0 Å². The highest BCUT2D eigenvalue weighted by Crippen LogP contribution is 2.26. The number of hydrogen-bond acceptors (Lipinski definition) is 3. The van der Waals surface area contributed by atoms with Gasteiger partial charge in [-0.1, -0.05) is 13.0 Å². The van der Waals surface area contributed by atoms with Crippen molar-refractivity contribution in [3.8, 4) is 6.07 Å². The molecule has 0 aliphatic carbocycles. The number of hydrogen-bond donors (Lipinski definition) is 1. The van der Waals surface area contributed by atoms with Gasteiger partial charge in [0, 0.05) is 19.3 Å². The number of benzene rings is 1. The zero-order chi connectivity index (χ0) is 15.6. The Balaban J connectivity index is 2.23. The molecule has 0 saturated carbocycles. The fraction of sp³-hybridized carbons (Fsp3) is 0.400. The smallest absolute Gasteiger partial charge is 0.326 e. The van der Waals surface area contributed by atoms with Crippen LogP contribution in [-0.2, 0) is 4.79 Å². The summed E-state index contributed by atoms with van der Waals surface area (Å²) in [5.41, 5.74) is 1.03. The fourth-order valence-corrected chi connectivity index (χ4v) is 2.63. The summed E-state index contributed by atoms with van der Waals surface area (Å²) in [6, 6.07) is 7.53. The summed E-state index contributed by atoms with van der Waals surface area (Å²) >= 11 is 0. The first kappa shape index (κ1) is 14.9. The Labute approximate surface area is 123 Å². The fourth-order valence-electron chi connectivity index (χ4n) is 2.63. The molecular formula is C15H17N3O3. The van der Waals surface area contributed by atoms with Crippen molar-refractivity contribution in [2.75, 3.05) is 18.5 Å². The number of urea groups is 1. The van der Waals surface area contributed by atoms with Crippen LogP contribution in [0.4, 0.5) is 10.5 Å². The lowest BCUT2D eigenvalue weighted by Gasteiger charge is -2.28. The van der Waals surface area contributed by atoms with E-state index in [1.807, 2.05) is 13.0 Å². The summed E-state index contributed by atoms with van der Waals surface area (Å²) in [5.74, 6) is -1.04. The Bertz CT molecular complexity index is 608. The Morgan fingerprint density at radius 1 is 1.48 bits per heavy atom. The molecule has 1 aromatic rings. The lowest BCUT2D eigenvalue weighted by Crippen LogP contribution is -2.48. The first-order chi connectivity index (χ1) is 9.95. The van der Waals surface area contributed by atoms with Crippen LogP contribution in [0.25, 0.3) is 0 Å². The third-order valence-electron chi connectivity index (χ3n) is 3.85. The molecule has 0 spiro atoms. The highest BCUT2D eigenvalue weighted by atomic mass is 16.4. The highest BCUT2D eigenvalue weighted by molar-refractivity contribution is 5.94. The van der Waals surface area contributed by atoms with Crippen LogP contribution >= 0.6 is 0 Å². The van der Waals surface area contributed by atoms with Crippen molar-refractivity contribution >= 4 is 17.7 Å². The van der Waals surface area contributed by atoms with Crippen molar-refractivity contribution in [3.63, 3.8) is 0 Å². The van der Waals surface area contributed by atoms with Crippen LogP contribution in [0.15, 0.2) is 24.3 Å². The van der Waals surface area contributed by atoms with Crippen molar-refractivity contribution in [1.29, 1.82) is 5.26 Å². The monoisotopic (exact) mass is 287 g/mol. The van der Waals surface area contributed by atoms with E-state index in [-0.39, 0.29) is 11.9 Å². The number of rotatable bonds is 2. The summed E-state index contributed by atoms with van der Waals surface area (Å²) in [7, 11) is 1.58. The molecule has 1 saturated heterocycles. The topological polar surface area (TPSA) is 84.6 Å². The zero-order valence-electron chi connectivity index (χ0n) is 12.0. The van der Waals surface area contributed by atoms with Crippen LogP contribution < -0.4 is 4.90 Å². The van der Waals surface area contributed by atoms with Gasteiger partial charge in [0.25, 0.3) is 0 Å². The van der Waals surface area contributed by atoms with Crippen molar-refractivity contribution in [1.82, 2.24) is 4.90 Å². The first-order valence-corrected chi connectivity index (χ1v) is 6.73. The summed E-state index contributed by atoms with van der Waals surface area (Å²) in [6.45, 7) is 2.27. The van der Waals surface area contributed by atoms with E-state index < -0.39 is 12.0 Å². The standard InChI is InChI=1S/C15H17N3O3/c1-10-6-7-18(13(10)14(19)20)15(21)17(2)12-5-3-4-11(8-12)9-16/h3-5,8,10,13H,6-7H2,1-2H3,(H,19,20). The van der Waals surface area contributed by atoms with Crippen LogP contribution in [0.3, 0.4) is 0 Å². The Kier molecular flexibility index (Phi) is 4.13. The number of aliphatic carboxylic acids is 1. The van der Waals surface area contributed by atoms with E-state index in [0.29, 0.717) is 24.2 Å². The Morgan fingerprint density at radius 3 is 2.81 bits per heavy atom. The van der Waals surface area contributed by atoms with Gasteiger partial charge in [0.2, 0.25) is 0 Å². The maximum Gasteiger partial charge on any atom is 0.326 e. The zero-order valence-corrected chi connectivity index (χ0v) is 12.0. The number of carbonyl (C=O) groups excluding carboxylic acids is 1. The second-order valence-electron chi connectivity index (χ2n) is 5.25. The molecule has 110 valence electrons. The number of carboxylic acid groups (broad SMARTS) is 1. The molecule has 0 radical (unpaired) electrons. The number of carbonyl (C=O) groups is 2. The Morgan fingerprint density at radius 2 is 2.19 bits per heavy atom. The molecule has 21 heavy (non-hydrogen) atoms. The van der Waals surface area contributed by atoms with Gasteiger partial charge < -0.3 is 10.0 Å². The summed E-state index contributed by atoms with van der Waals surface area (Å²) in [4.78, 5) is 26.6. The van der Waals surface area contributed by atoms with Crippen LogP contribution in [0, 0.1) is 17.2 Å². The molecule has 6 nitrogen and oxygen atoms in total. The molecule has 6 heteroatoms. The number of carboxylic acids is 1. The van der Waals surface area contributed by atoms with Gasteiger partial charge in [0.15, 0.2) is 0 Å². The van der Waals surface area contributed by atoms with E-state index in [2.05, 4.69) is 0 Å². The summed E-state index contributed by atoms with van der Waals surface area (Å²) in [5, 5.41) is 18.2. The van der Waals surface area contributed by atoms with Crippen LogP contribution in [0.5, 0.6) is 0 Å². The summed E-state index contributed by atoms with van der Waals surface area (Å²) < 4.78 is 0. The van der Waals surface area contributed by atoms with Gasteiger partial charge in [-0.15, -0.1) is 0 Å². The molecular weight excluding hydrogens is 270 g/mol. The molecule has 2 unspecified atom stereocenters. The second kappa shape index (κ2) is 5.83. The third-order valence-corrected chi connectivity index (χ3v) is 3.85. The molecule has 0 bridgehead atoms. The quantitative estimate of drug-likeness (QED) is 0.900. The van der Waals surface area contributed by atoms with Crippen molar-refractivity contribution < 1.29 is 14.7 Å². The van der Waals surface area contributed by atoms with E-state index in [9.17, 15) is 14.7 Å². The van der Waals surface area contributed by atoms with Crippen LogP contribution in [0.1, 0.15) is 18.9 Å². The minimum Gasteiger partial charge on any atom is -0.480 e. The predicted octanol–water partition coefficient (Wildman–Crippen LogP) is 1.91.